The van der Waals surface area contributed by atoms with Crippen LogP contribution in [0.25, 0.3) is 0 Å². The minimum Gasteiger partial charge on any atom is -0.397 e. The Morgan fingerprint density at radius 1 is 1.43 bits per heavy atom. The van der Waals surface area contributed by atoms with Crippen molar-refractivity contribution < 1.29 is 18.0 Å². The Morgan fingerprint density at radius 3 is 2.67 bits per heavy atom. The highest BCUT2D eigenvalue weighted by molar-refractivity contribution is 5.96. The van der Waals surface area contributed by atoms with E-state index in [-0.39, 0.29) is 11.4 Å². The van der Waals surface area contributed by atoms with Crippen LogP contribution in [0.4, 0.5) is 24.5 Å². The number of hydrogen-bond donors (Lipinski definition) is 2. The smallest absolute Gasteiger partial charge is 0.397 e. The number of nitrogens with two attached hydrogens (primary N) is 1. The van der Waals surface area contributed by atoms with Crippen molar-refractivity contribution in [3.05, 3.63) is 42.5 Å². The molecule has 1 amide bonds. The first-order chi connectivity index (χ1) is 9.79. The fraction of sp³-hybridized carbons (Fsp3) is 0.231. The number of amides is 1. The summed E-state index contributed by atoms with van der Waals surface area (Å²) in [4.78, 5) is 15.8. The topological polar surface area (TPSA) is 72.9 Å². The van der Waals surface area contributed by atoms with Gasteiger partial charge < -0.3 is 15.6 Å². The SMILES string of the molecule is CC(C(=O)Nc1ccc(C(F)(F)F)cc1N)n1ccnc1. The molecule has 0 aliphatic heterocycles. The molecule has 0 bridgehead atoms. The monoisotopic (exact) mass is 298 g/mol. The van der Waals surface area contributed by atoms with Crippen molar-refractivity contribution in [2.75, 3.05) is 11.1 Å². The summed E-state index contributed by atoms with van der Waals surface area (Å²) in [5.41, 5.74) is 4.69. The number of rotatable bonds is 3. The maximum absolute atomic E-state index is 12.5. The molecule has 0 saturated carbocycles. The van der Waals surface area contributed by atoms with Crippen LogP contribution in [0, 0.1) is 0 Å². The summed E-state index contributed by atoms with van der Waals surface area (Å²) in [5, 5.41) is 2.50. The molecule has 0 radical (unpaired) electrons. The molecule has 5 nitrogen and oxygen atoms in total. The minimum atomic E-state index is -4.47. The lowest BCUT2D eigenvalue weighted by Crippen LogP contribution is -2.23. The molecule has 1 aromatic carbocycles. The van der Waals surface area contributed by atoms with E-state index in [1.54, 1.807) is 17.7 Å². The summed E-state index contributed by atoms with van der Waals surface area (Å²) < 4.78 is 39.1. The Balaban J connectivity index is 2.15. The normalized spacial score (nSPS) is 13.0. The third-order valence-corrected chi connectivity index (χ3v) is 2.99. The number of hydrogen-bond acceptors (Lipinski definition) is 3. The van der Waals surface area contributed by atoms with Gasteiger partial charge in [-0.3, -0.25) is 4.79 Å². The summed E-state index contributed by atoms with van der Waals surface area (Å²) in [6, 6.07) is 2.23. The Hall–Kier alpha value is -2.51. The van der Waals surface area contributed by atoms with Gasteiger partial charge in [-0.15, -0.1) is 0 Å². The molecule has 8 heteroatoms. The van der Waals surface area contributed by atoms with Crippen molar-refractivity contribution >= 4 is 17.3 Å². The van der Waals surface area contributed by atoms with E-state index < -0.39 is 23.7 Å². The number of carbonyl (C=O) groups is 1. The van der Waals surface area contributed by atoms with Gasteiger partial charge in [0.25, 0.3) is 0 Å². The number of carbonyl (C=O) groups excluding carboxylic acids is 1. The fourth-order valence-electron chi connectivity index (χ4n) is 1.72. The Labute approximate surface area is 118 Å². The van der Waals surface area contributed by atoms with E-state index in [1.165, 1.54) is 12.5 Å². The Bertz CT molecular complexity index is 637. The number of nitrogens with zero attached hydrogens (tertiary/aromatic N) is 2. The zero-order valence-electron chi connectivity index (χ0n) is 11.1. The zero-order valence-corrected chi connectivity index (χ0v) is 11.1. The molecule has 3 N–H and O–H groups in total. The number of imidazole rings is 1. The van der Waals surface area contributed by atoms with Gasteiger partial charge in [0.05, 0.1) is 23.3 Å². The number of nitrogen functional groups attached to an aromatic ring is 1. The second kappa shape index (κ2) is 5.47. The van der Waals surface area contributed by atoms with Crippen LogP contribution in [-0.2, 0) is 11.0 Å². The number of benzene rings is 1. The van der Waals surface area contributed by atoms with E-state index >= 15 is 0 Å². The van der Waals surface area contributed by atoms with Gasteiger partial charge in [-0.2, -0.15) is 13.2 Å². The van der Waals surface area contributed by atoms with Gasteiger partial charge in [0, 0.05) is 12.4 Å². The Morgan fingerprint density at radius 2 is 2.14 bits per heavy atom. The standard InChI is InChI=1S/C13H13F3N4O/c1-8(20-5-4-18-7-20)12(21)19-11-3-2-9(6-10(11)17)13(14,15)16/h2-8H,17H2,1H3,(H,19,21). The number of alkyl halides is 3. The number of anilines is 2. The second-order valence-corrected chi connectivity index (χ2v) is 4.47. The minimum absolute atomic E-state index is 0.139. The molecular formula is C13H13F3N4O. The lowest BCUT2D eigenvalue weighted by atomic mass is 10.1. The molecular weight excluding hydrogens is 285 g/mol. The highest BCUT2D eigenvalue weighted by Gasteiger charge is 2.31. The van der Waals surface area contributed by atoms with Crippen LogP contribution in [0.2, 0.25) is 0 Å². The quantitative estimate of drug-likeness (QED) is 0.856. The van der Waals surface area contributed by atoms with E-state index in [2.05, 4.69) is 10.3 Å². The summed E-state index contributed by atoms with van der Waals surface area (Å²) >= 11 is 0. The van der Waals surface area contributed by atoms with Gasteiger partial charge in [0.1, 0.15) is 6.04 Å². The van der Waals surface area contributed by atoms with Crippen molar-refractivity contribution in [1.29, 1.82) is 0 Å². The summed E-state index contributed by atoms with van der Waals surface area (Å²) in [6.45, 7) is 1.64. The number of aromatic nitrogens is 2. The van der Waals surface area contributed by atoms with Crippen molar-refractivity contribution in [3.63, 3.8) is 0 Å². The van der Waals surface area contributed by atoms with E-state index in [9.17, 15) is 18.0 Å². The zero-order chi connectivity index (χ0) is 15.6. The molecule has 21 heavy (non-hydrogen) atoms. The number of nitrogens with one attached hydrogen (secondary N) is 1. The van der Waals surface area contributed by atoms with Crippen LogP contribution >= 0.6 is 0 Å². The van der Waals surface area contributed by atoms with Crippen molar-refractivity contribution in [2.45, 2.75) is 19.1 Å². The van der Waals surface area contributed by atoms with Crippen LogP contribution in [0.3, 0.4) is 0 Å². The van der Waals surface area contributed by atoms with Crippen LogP contribution in [0.1, 0.15) is 18.5 Å². The summed E-state index contributed by atoms with van der Waals surface area (Å²) in [7, 11) is 0. The summed E-state index contributed by atoms with van der Waals surface area (Å²) in [5.74, 6) is -0.403. The average molecular weight is 298 g/mol. The second-order valence-electron chi connectivity index (χ2n) is 4.47. The highest BCUT2D eigenvalue weighted by atomic mass is 19.4. The highest BCUT2D eigenvalue weighted by Crippen LogP contribution is 2.32. The molecule has 1 aromatic heterocycles. The molecule has 0 aliphatic rings. The molecule has 2 aromatic rings. The van der Waals surface area contributed by atoms with Gasteiger partial charge in [-0.1, -0.05) is 0 Å². The first-order valence-electron chi connectivity index (χ1n) is 6.04. The van der Waals surface area contributed by atoms with Gasteiger partial charge in [-0.05, 0) is 25.1 Å². The van der Waals surface area contributed by atoms with E-state index in [0.29, 0.717) is 0 Å². The average Bonchev–Trinajstić information content (AvgIpc) is 2.92. The maximum atomic E-state index is 12.5. The van der Waals surface area contributed by atoms with Gasteiger partial charge in [-0.25, -0.2) is 4.98 Å². The van der Waals surface area contributed by atoms with Crippen LogP contribution in [-0.4, -0.2) is 15.5 Å². The largest absolute Gasteiger partial charge is 0.416 e. The third-order valence-electron chi connectivity index (χ3n) is 2.99. The third kappa shape index (κ3) is 3.33. The van der Waals surface area contributed by atoms with Crippen molar-refractivity contribution in [1.82, 2.24) is 9.55 Å². The first-order valence-corrected chi connectivity index (χ1v) is 6.04. The molecule has 0 spiro atoms. The van der Waals surface area contributed by atoms with Crippen LogP contribution in [0.5, 0.6) is 0 Å². The van der Waals surface area contributed by atoms with Crippen molar-refractivity contribution in [2.24, 2.45) is 0 Å². The number of halogens is 3. The Kier molecular flexibility index (Phi) is 3.88. The van der Waals surface area contributed by atoms with Gasteiger partial charge >= 0.3 is 6.18 Å². The van der Waals surface area contributed by atoms with Gasteiger partial charge in [0.15, 0.2) is 0 Å². The van der Waals surface area contributed by atoms with Gasteiger partial charge in [0.2, 0.25) is 5.91 Å². The molecule has 1 heterocycles. The molecule has 1 atom stereocenters. The lowest BCUT2D eigenvalue weighted by Gasteiger charge is -2.15. The van der Waals surface area contributed by atoms with Crippen molar-refractivity contribution in [3.8, 4) is 0 Å². The lowest BCUT2D eigenvalue weighted by molar-refractivity contribution is -0.137. The predicted molar refractivity (Wildman–Crippen MR) is 71.4 cm³/mol. The molecule has 0 saturated heterocycles. The fourth-order valence-corrected chi connectivity index (χ4v) is 1.72. The maximum Gasteiger partial charge on any atom is 0.416 e. The van der Waals surface area contributed by atoms with E-state index in [0.717, 1.165) is 18.2 Å². The molecule has 0 fully saturated rings. The molecule has 112 valence electrons. The van der Waals surface area contributed by atoms with Crippen LogP contribution < -0.4 is 11.1 Å². The van der Waals surface area contributed by atoms with E-state index in [1.807, 2.05) is 0 Å². The van der Waals surface area contributed by atoms with Crippen LogP contribution in [0.15, 0.2) is 36.9 Å². The predicted octanol–water partition coefficient (Wildman–Crippen LogP) is 2.68. The summed E-state index contributed by atoms with van der Waals surface area (Å²) in [6.07, 6.45) is 0.137. The van der Waals surface area contributed by atoms with E-state index in [4.69, 9.17) is 5.73 Å². The molecule has 2 rings (SSSR count). The molecule has 0 aliphatic carbocycles. The first kappa shape index (κ1) is 14.9. The molecule has 1 unspecified atom stereocenters.